The fraction of sp³-hybridized carbons (Fsp3) is 0.462. The Balaban J connectivity index is 2.33. The molecule has 15 heavy (non-hydrogen) atoms. The molecule has 78 valence electrons. The highest BCUT2D eigenvalue weighted by Gasteiger charge is 2.36. The van der Waals surface area contributed by atoms with Gasteiger partial charge in [0.25, 0.3) is 0 Å². The highest BCUT2D eigenvalue weighted by molar-refractivity contribution is 5.36. The van der Waals surface area contributed by atoms with E-state index in [1.165, 1.54) is 0 Å². The van der Waals surface area contributed by atoms with E-state index in [-0.39, 0.29) is 0 Å². The molecular formula is C13H15NO. The second-order valence-corrected chi connectivity index (χ2v) is 4.57. The number of rotatable bonds is 1. The van der Waals surface area contributed by atoms with E-state index in [9.17, 15) is 5.11 Å². The van der Waals surface area contributed by atoms with Crippen molar-refractivity contribution >= 4 is 0 Å². The van der Waals surface area contributed by atoms with Crippen molar-refractivity contribution < 1.29 is 5.11 Å². The van der Waals surface area contributed by atoms with Gasteiger partial charge in [-0.1, -0.05) is 19.1 Å². The molecule has 2 rings (SSSR count). The van der Waals surface area contributed by atoms with Crippen LogP contribution in [0.2, 0.25) is 0 Å². The Hall–Kier alpha value is -1.33. The van der Waals surface area contributed by atoms with Gasteiger partial charge < -0.3 is 5.11 Å². The number of nitriles is 1. The Kier molecular flexibility index (Phi) is 2.50. The molecule has 1 aliphatic carbocycles. The van der Waals surface area contributed by atoms with E-state index in [1.54, 1.807) is 12.1 Å². The molecule has 0 saturated heterocycles. The minimum Gasteiger partial charge on any atom is -0.385 e. The second-order valence-electron chi connectivity index (χ2n) is 4.57. The molecule has 0 spiro atoms. The summed E-state index contributed by atoms with van der Waals surface area (Å²) in [6.45, 7) is 2.16. The predicted molar refractivity (Wildman–Crippen MR) is 58.1 cm³/mol. The normalized spacial score (nSPS) is 30.1. The Bertz CT molecular complexity index is 407. The van der Waals surface area contributed by atoms with E-state index in [0.29, 0.717) is 11.5 Å². The fourth-order valence-electron chi connectivity index (χ4n) is 2.41. The predicted octanol–water partition coefficient (Wildman–Crippen LogP) is 2.57. The van der Waals surface area contributed by atoms with Gasteiger partial charge in [-0.15, -0.1) is 0 Å². The van der Waals surface area contributed by atoms with Crippen LogP contribution in [-0.2, 0) is 5.60 Å². The summed E-state index contributed by atoms with van der Waals surface area (Å²) in [6.07, 6.45) is 2.68. The minimum atomic E-state index is -0.702. The number of hydrogen-bond acceptors (Lipinski definition) is 2. The van der Waals surface area contributed by atoms with Crippen LogP contribution in [0.1, 0.15) is 37.3 Å². The van der Waals surface area contributed by atoms with Crippen molar-refractivity contribution in [3.05, 3.63) is 35.4 Å². The van der Waals surface area contributed by atoms with E-state index >= 15 is 0 Å². The van der Waals surface area contributed by atoms with E-state index < -0.39 is 5.60 Å². The summed E-state index contributed by atoms with van der Waals surface area (Å²) in [5, 5.41) is 19.3. The third-order valence-corrected chi connectivity index (χ3v) is 3.27. The monoisotopic (exact) mass is 201 g/mol. The zero-order chi connectivity index (χ0) is 10.9. The topological polar surface area (TPSA) is 44.0 Å². The molecule has 1 N–H and O–H groups in total. The third kappa shape index (κ3) is 1.88. The maximum Gasteiger partial charge on any atom is 0.0991 e. The van der Waals surface area contributed by atoms with Crippen LogP contribution in [0.25, 0.3) is 0 Å². The highest BCUT2D eigenvalue weighted by Crippen LogP contribution is 2.41. The molecule has 0 amide bonds. The smallest absolute Gasteiger partial charge is 0.0991 e. The molecule has 2 atom stereocenters. The first-order valence-corrected chi connectivity index (χ1v) is 5.37. The Morgan fingerprint density at radius 3 is 2.93 bits per heavy atom. The molecule has 2 nitrogen and oxygen atoms in total. The summed E-state index contributed by atoms with van der Waals surface area (Å²) in [6, 6.07) is 9.44. The number of aliphatic hydroxyl groups is 1. The summed E-state index contributed by atoms with van der Waals surface area (Å²) in [5.41, 5.74) is 0.818. The summed E-state index contributed by atoms with van der Waals surface area (Å²) in [5.74, 6) is 0.570. The van der Waals surface area contributed by atoms with Gasteiger partial charge in [0.2, 0.25) is 0 Å². The zero-order valence-corrected chi connectivity index (χ0v) is 8.90. The molecule has 1 aromatic rings. The molecule has 1 aromatic carbocycles. The van der Waals surface area contributed by atoms with Gasteiger partial charge in [0.1, 0.15) is 0 Å². The molecule has 0 bridgehead atoms. The van der Waals surface area contributed by atoms with E-state index in [4.69, 9.17) is 5.26 Å². The van der Waals surface area contributed by atoms with E-state index in [1.807, 2.05) is 12.1 Å². The molecule has 0 aromatic heterocycles. The molecule has 0 unspecified atom stereocenters. The Morgan fingerprint density at radius 1 is 1.53 bits per heavy atom. The van der Waals surface area contributed by atoms with Gasteiger partial charge in [-0.2, -0.15) is 5.26 Å². The van der Waals surface area contributed by atoms with Crippen LogP contribution < -0.4 is 0 Å². The summed E-state index contributed by atoms with van der Waals surface area (Å²) in [7, 11) is 0. The van der Waals surface area contributed by atoms with Crippen LogP contribution in [0.5, 0.6) is 0 Å². The fourth-order valence-corrected chi connectivity index (χ4v) is 2.41. The molecule has 1 fully saturated rings. The molecular weight excluding hydrogens is 186 g/mol. The molecule has 0 aliphatic heterocycles. The van der Waals surface area contributed by atoms with Gasteiger partial charge in [-0.3, -0.25) is 0 Å². The SMILES string of the molecule is C[C@H]1CC[C@@](O)(c2cccc(C#N)c2)C1. The van der Waals surface area contributed by atoms with E-state index in [0.717, 1.165) is 24.8 Å². The van der Waals surface area contributed by atoms with Crippen molar-refractivity contribution in [3.63, 3.8) is 0 Å². The average Bonchev–Trinajstić information content (AvgIpc) is 2.60. The lowest BCUT2D eigenvalue weighted by atomic mass is 9.90. The third-order valence-electron chi connectivity index (χ3n) is 3.27. The first kappa shape index (κ1) is 10.2. The van der Waals surface area contributed by atoms with Gasteiger partial charge >= 0.3 is 0 Å². The number of nitrogens with zero attached hydrogens (tertiary/aromatic N) is 1. The standard InChI is InChI=1S/C13H15NO/c1-10-5-6-13(15,8-10)12-4-2-3-11(7-12)9-14/h2-4,7,10,15H,5-6,8H2,1H3/t10-,13-/m0/s1. The minimum absolute atomic E-state index is 0.570. The lowest BCUT2D eigenvalue weighted by molar-refractivity contribution is 0.0407. The summed E-state index contributed by atoms with van der Waals surface area (Å²) < 4.78 is 0. The molecule has 1 saturated carbocycles. The van der Waals surface area contributed by atoms with Gasteiger partial charge in [0, 0.05) is 0 Å². The van der Waals surface area contributed by atoms with Crippen molar-refractivity contribution in [1.82, 2.24) is 0 Å². The quantitative estimate of drug-likeness (QED) is 0.758. The Labute approximate surface area is 90.2 Å². The van der Waals surface area contributed by atoms with Crippen LogP contribution in [0.3, 0.4) is 0 Å². The first-order chi connectivity index (χ1) is 7.14. The maximum absolute atomic E-state index is 10.4. The molecule has 2 heteroatoms. The molecule has 1 aliphatic rings. The first-order valence-electron chi connectivity index (χ1n) is 5.37. The van der Waals surface area contributed by atoms with Crippen LogP contribution in [0.4, 0.5) is 0 Å². The van der Waals surface area contributed by atoms with Crippen molar-refractivity contribution in [2.45, 2.75) is 31.8 Å². The summed E-state index contributed by atoms with van der Waals surface area (Å²) >= 11 is 0. The van der Waals surface area contributed by atoms with Crippen molar-refractivity contribution in [3.8, 4) is 6.07 Å². The van der Waals surface area contributed by atoms with Crippen LogP contribution in [-0.4, -0.2) is 5.11 Å². The van der Waals surface area contributed by atoms with Crippen molar-refractivity contribution in [2.24, 2.45) is 5.92 Å². The lowest BCUT2D eigenvalue weighted by Crippen LogP contribution is -2.21. The zero-order valence-electron chi connectivity index (χ0n) is 8.90. The van der Waals surface area contributed by atoms with Gasteiger partial charge in [-0.25, -0.2) is 0 Å². The largest absolute Gasteiger partial charge is 0.385 e. The second kappa shape index (κ2) is 3.67. The van der Waals surface area contributed by atoms with Crippen LogP contribution in [0, 0.1) is 17.2 Å². The van der Waals surface area contributed by atoms with E-state index in [2.05, 4.69) is 13.0 Å². The van der Waals surface area contributed by atoms with Crippen LogP contribution in [0.15, 0.2) is 24.3 Å². The molecule has 0 heterocycles. The van der Waals surface area contributed by atoms with Crippen LogP contribution >= 0.6 is 0 Å². The van der Waals surface area contributed by atoms with Gasteiger partial charge in [0.15, 0.2) is 0 Å². The van der Waals surface area contributed by atoms with Crippen molar-refractivity contribution in [1.29, 1.82) is 5.26 Å². The molecule has 0 radical (unpaired) electrons. The van der Waals surface area contributed by atoms with Gasteiger partial charge in [-0.05, 0) is 42.9 Å². The van der Waals surface area contributed by atoms with Crippen molar-refractivity contribution in [2.75, 3.05) is 0 Å². The lowest BCUT2D eigenvalue weighted by Gasteiger charge is -2.23. The Morgan fingerprint density at radius 2 is 2.33 bits per heavy atom. The number of hydrogen-bond donors (Lipinski definition) is 1. The summed E-state index contributed by atoms with van der Waals surface area (Å²) in [4.78, 5) is 0. The number of benzene rings is 1. The highest BCUT2D eigenvalue weighted by atomic mass is 16.3. The average molecular weight is 201 g/mol. The maximum atomic E-state index is 10.4. The van der Waals surface area contributed by atoms with Gasteiger partial charge in [0.05, 0.1) is 17.2 Å².